The number of carbonyl (C=O) groups excluding carboxylic acids is 3. The van der Waals surface area contributed by atoms with Gasteiger partial charge >= 0.3 is 0 Å². The Kier molecular flexibility index (Phi) is 14.8. The molecule has 0 saturated heterocycles. The van der Waals surface area contributed by atoms with Crippen molar-refractivity contribution < 1.29 is 31.4 Å². The molecule has 0 aliphatic carbocycles. The molecule has 0 bridgehead atoms. The summed E-state index contributed by atoms with van der Waals surface area (Å²) >= 11 is 0. The number of ether oxygens (including phenoxy) is 3. The second-order valence-electron chi connectivity index (χ2n) is 6.29. The Morgan fingerprint density at radius 2 is 1.42 bits per heavy atom. The molecular formula is C18H38N2O6. The highest BCUT2D eigenvalue weighted by Crippen LogP contribution is 2.01. The Bertz CT molecular complexity index is 425. The molecule has 0 spiro atoms. The summed E-state index contributed by atoms with van der Waals surface area (Å²) < 4.78 is 15.7. The van der Waals surface area contributed by atoms with Crippen molar-refractivity contribution in [2.75, 3.05) is 52.7 Å². The van der Waals surface area contributed by atoms with E-state index in [2.05, 4.69) is 10.6 Å². The molecule has 0 aromatic rings. The van der Waals surface area contributed by atoms with Crippen LogP contribution >= 0.6 is 0 Å². The topological polar surface area (TPSA) is 103 Å². The number of rotatable bonds is 16. The lowest BCUT2D eigenvalue weighted by atomic mass is 10.1. The fourth-order valence-corrected chi connectivity index (χ4v) is 1.69. The summed E-state index contributed by atoms with van der Waals surface area (Å²) in [4.78, 5) is 34.4. The van der Waals surface area contributed by atoms with Gasteiger partial charge in [0.25, 0.3) is 0 Å². The van der Waals surface area contributed by atoms with Gasteiger partial charge < -0.3 is 24.8 Å². The number of hydrogen-bond donors (Lipinski definition) is 2. The first-order chi connectivity index (χ1) is 12.4. The van der Waals surface area contributed by atoms with Crippen LogP contribution in [0.15, 0.2) is 0 Å². The van der Waals surface area contributed by atoms with E-state index in [1.54, 1.807) is 0 Å². The second-order valence-corrected chi connectivity index (χ2v) is 6.29. The molecule has 0 heterocycles. The highest BCUT2D eigenvalue weighted by atomic mass is 16.5. The molecule has 8 heteroatoms. The molecule has 1 unspecified atom stereocenters. The van der Waals surface area contributed by atoms with Crippen LogP contribution in [0, 0.1) is 11.8 Å². The molecule has 0 aliphatic heterocycles. The van der Waals surface area contributed by atoms with E-state index in [9.17, 15) is 14.4 Å². The normalized spacial score (nSPS) is 12.0. The number of nitrogens with one attached hydrogen (secondary N) is 2. The lowest BCUT2D eigenvalue weighted by Gasteiger charge is -2.10. The summed E-state index contributed by atoms with van der Waals surface area (Å²) in [6.07, 6.45) is 0.798. The predicted molar refractivity (Wildman–Crippen MR) is 102 cm³/mol. The maximum Gasteiger partial charge on any atom is 0.246 e. The average molecular weight is 379 g/mol. The van der Waals surface area contributed by atoms with Crippen LogP contribution in [0.2, 0.25) is 0 Å². The minimum Gasteiger partial charge on any atom is -0.377 e. The lowest BCUT2D eigenvalue weighted by Crippen LogP contribution is -2.32. The third-order valence-corrected chi connectivity index (χ3v) is 3.65. The number of carbonyl (C=O) groups is 3. The highest BCUT2D eigenvalue weighted by Gasteiger charge is 2.10. The van der Waals surface area contributed by atoms with Crippen molar-refractivity contribution in [1.29, 1.82) is 0 Å². The largest absolute Gasteiger partial charge is 0.377 e. The van der Waals surface area contributed by atoms with E-state index in [1.807, 2.05) is 27.7 Å². The quantitative estimate of drug-likeness (QED) is 0.389. The average Bonchev–Trinajstić information content (AvgIpc) is 2.62. The van der Waals surface area contributed by atoms with Gasteiger partial charge in [-0.05, 0) is 6.42 Å². The van der Waals surface area contributed by atoms with Gasteiger partial charge in [-0.1, -0.05) is 27.7 Å². The van der Waals surface area contributed by atoms with Gasteiger partial charge in [0.15, 0.2) is 5.78 Å². The van der Waals surface area contributed by atoms with Gasteiger partial charge in [0.05, 0.1) is 26.4 Å². The van der Waals surface area contributed by atoms with Crippen LogP contribution < -0.4 is 10.6 Å². The van der Waals surface area contributed by atoms with Gasteiger partial charge in [-0.25, -0.2) is 0 Å². The minimum absolute atomic E-state index is 0. The Labute approximate surface area is 159 Å². The first kappa shape index (κ1) is 24.5. The summed E-state index contributed by atoms with van der Waals surface area (Å²) in [5, 5.41) is 5.38. The standard InChI is InChI=1S/C18H34N2O6.2H2/c1-5-15(4)16(21)12-25-9-6-19-17(22)13-26-11-10-24-8-7-20-18(23)14(2)3;;/h14-15H,5-13H2,1-4H3,(H,19,22)(H,20,23);2*1H. The van der Waals surface area contributed by atoms with Crippen molar-refractivity contribution in [2.24, 2.45) is 11.8 Å². The van der Waals surface area contributed by atoms with Crippen LogP contribution in [0.5, 0.6) is 0 Å². The van der Waals surface area contributed by atoms with Gasteiger partial charge in [-0.3, -0.25) is 14.4 Å². The van der Waals surface area contributed by atoms with E-state index >= 15 is 0 Å². The monoisotopic (exact) mass is 378 g/mol. The zero-order valence-corrected chi connectivity index (χ0v) is 16.5. The maximum absolute atomic E-state index is 11.5. The van der Waals surface area contributed by atoms with Gasteiger partial charge in [-0.15, -0.1) is 0 Å². The Balaban J connectivity index is -0.00000312. The molecule has 0 aromatic carbocycles. The minimum atomic E-state index is -0.244. The van der Waals surface area contributed by atoms with Gasteiger partial charge in [0, 0.05) is 27.8 Å². The Morgan fingerprint density at radius 3 is 2.08 bits per heavy atom. The third kappa shape index (κ3) is 13.7. The van der Waals surface area contributed by atoms with Crippen molar-refractivity contribution in [2.45, 2.75) is 34.1 Å². The molecule has 2 N–H and O–H groups in total. The van der Waals surface area contributed by atoms with E-state index in [0.29, 0.717) is 39.5 Å². The van der Waals surface area contributed by atoms with Gasteiger partial charge in [-0.2, -0.15) is 0 Å². The van der Waals surface area contributed by atoms with Crippen LogP contribution in [0.25, 0.3) is 0 Å². The number of amides is 2. The van der Waals surface area contributed by atoms with E-state index in [4.69, 9.17) is 14.2 Å². The molecule has 2 amide bonds. The summed E-state index contributed by atoms with van der Waals surface area (Å²) in [6, 6.07) is 0. The molecule has 0 aliphatic rings. The van der Waals surface area contributed by atoms with Crippen LogP contribution in [-0.2, 0) is 28.6 Å². The second kappa shape index (κ2) is 15.7. The summed E-state index contributed by atoms with van der Waals surface area (Å²) in [5.41, 5.74) is 0. The number of Topliss-reactive ketones (excluding diaryl/α,β-unsaturated/α-hetero) is 1. The van der Waals surface area contributed by atoms with Crippen LogP contribution in [0.4, 0.5) is 0 Å². The SMILES string of the molecule is CCC(C)C(=O)COCCNC(=O)COCCOCCNC(=O)C(C)C.[HH].[HH]. The molecule has 0 rings (SSSR count). The zero-order chi connectivity index (χ0) is 19.8. The predicted octanol–water partition coefficient (Wildman–Crippen LogP) is 1.03. The highest BCUT2D eigenvalue weighted by molar-refractivity contribution is 5.81. The van der Waals surface area contributed by atoms with E-state index in [0.717, 1.165) is 6.42 Å². The smallest absolute Gasteiger partial charge is 0.246 e. The van der Waals surface area contributed by atoms with Crippen LogP contribution in [-0.4, -0.2) is 70.3 Å². The maximum atomic E-state index is 11.5. The van der Waals surface area contributed by atoms with Crippen molar-refractivity contribution in [3.8, 4) is 0 Å². The number of ketones is 1. The molecule has 8 nitrogen and oxygen atoms in total. The molecule has 156 valence electrons. The van der Waals surface area contributed by atoms with E-state index in [1.165, 1.54) is 0 Å². The van der Waals surface area contributed by atoms with Crippen molar-refractivity contribution in [3.63, 3.8) is 0 Å². The fourth-order valence-electron chi connectivity index (χ4n) is 1.69. The van der Waals surface area contributed by atoms with Crippen LogP contribution in [0.1, 0.15) is 37.0 Å². The number of hydrogen-bond acceptors (Lipinski definition) is 6. The van der Waals surface area contributed by atoms with Gasteiger partial charge in [0.1, 0.15) is 13.2 Å². The molecular weight excluding hydrogens is 340 g/mol. The molecule has 0 radical (unpaired) electrons. The summed E-state index contributed by atoms with van der Waals surface area (Å²) in [6.45, 7) is 9.64. The lowest BCUT2D eigenvalue weighted by molar-refractivity contribution is -0.128. The Morgan fingerprint density at radius 1 is 0.846 bits per heavy atom. The van der Waals surface area contributed by atoms with E-state index in [-0.39, 0.29) is 45.5 Å². The molecule has 0 saturated carbocycles. The first-order valence-corrected chi connectivity index (χ1v) is 9.18. The van der Waals surface area contributed by atoms with Crippen molar-refractivity contribution in [1.82, 2.24) is 10.6 Å². The van der Waals surface area contributed by atoms with Gasteiger partial charge in [0.2, 0.25) is 11.8 Å². The molecule has 26 heavy (non-hydrogen) atoms. The first-order valence-electron chi connectivity index (χ1n) is 9.18. The summed E-state index contributed by atoms with van der Waals surface area (Å²) in [7, 11) is 0. The third-order valence-electron chi connectivity index (χ3n) is 3.65. The van der Waals surface area contributed by atoms with Crippen LogP contribution in [0.3, 0.4) is 0 Å². The fraction of sp³-hybridized carbons (Fsp3) is 0.833. The Hall–Kier alpha value is -1.51. The van der Waals surface area contributed by atoms with Crippen molar-refractivity contribution >= 4 is 17.6 Å². The van der Waals surface area contributed by atoms with Crippen molar-refractivity contribution in [3.05, 3.63) is 0 Å². The molecule has 0 fully saturated rings. The zero-order valence-electron chi connectivity index (χ0n) is 16.5. The summed E-state index contributed by atoms with van der Waals surface area (Å²) in [5.74, 6) is -0.207. The van der Waals surface area contributed by atoms with E-state index < -0.39 is 0 Å². The molecule has 0 aromatic heterocycles. The molecule has 1 atom stereocenters.